The molecule has 2 nitrogen and oxygen atoms in total. The van der Waals surface area contributed by atoms with Crippen molar-refractivity contribution in [3.8, 4) is 22.5 Å². The Morgan fingerprint density at radius 3 is 1.66 bits per heavy atom. The summed E-state index contributed by atoms with van der Waals surface area (Å²) in [6.45, 7) is 0. The van der Waals surface area contributed by atoms with Gasteiger partial charge in [-0.3, -0.25) is 0 Å². The Morgan fingerprint density at radius 2 is 0.879 bits per heavy atom. The summed E-state index contributed by atoms with van der Waals surface area (Å²) < 4.78 is 7.63. The van der Waals surface area contributed by atoms with Gasteiger partial charge in [0.05, 0.1) is 27.5 Å². The Labute approximate surface area is 339 Å². The molecule has 0 N–H and O–H groups in total. The highest BCUT2D eigenvalue weighted by atomic mass is 32.1. The van der Waals surface area contributed by atoms with Crippen LogP contribution in [-0.2, 0) is 5.41 Å². The molecule has 58 heavy (non-hydrogen) atoms. The second kappa shape index (κ2) is 11.9. The second-order valence-electron chi connectivity index (χ2n) is 15.6. The van der Waals surface area contributed by atoms with Crippen LogP contribution in [-0.4, -0.2) is 9.13 Å². The van der Waals surface area contributed by atoms with Gasteiger partial charge in [-0.25, -0.2) is 0 Å². The summed E-state index contributed by atoms with van der Waals surface area (Å²) in [5.41, 5.74) is 14.4. The van der Waals surface area contributed by atoms with Crippen LogP contribution in [0.5, 0.6) is 0 Å². The predicted octanol–water partition coefficient (Wildman–Crippen LogP) is 14.6. The highest BCUT2D eigenvalue weighted by Gasteiger charge is 2.46. The van der Waals surface area contributed by atoms with Crippen molar-refractivity contribution >= 4 is 75.1 Å². The Hall–Kier alpha value is -7.20. The van der Waals surface area contributed by atoms with Gasteiger partial charge >= 0.3 is 0 Å². The number of para-hydroxylation sites is 2. The summed E-state index contributed by atoms with van der Waals surface area (Å²) in [5.74, 6) is 0. The van der Waals surface area contributed by atoms with E-state index >= 15 is 0 Å². The first-order valence-corrected chi connectivity index (χ1v) is 20.8. The largest absolute Gasteiger partial charge is 0.309 e. The molecule has 0 unspecified atom stereocenters. The number of benzene rings is 9. The Balaban J connectivity index is 1.14. The van der Waals surface area contributed by atoms with E-state index in [1.807, 2.05) is 11.3 Å². The van der Waals surface area contributed by atoms with Gasteiger partial charge < -0.3 is 9.13 Å². The number of thiophene rings is 1. The van der Waals surface area contributed by atoms with Gasteiger partial charge in [0.15, 0.2) is 0 Å². The molecule has 0 radical (unpaired) electrons. The van der Waals surface area contributed by atoms with Crippen LogP contribution in [0.4, 0.5) is 0 Å². The van der Waals surface area contributed by atoms with Gasteiger partial charge in [-0.15, -0.1) is 11.3 Å². The molecule has 0 bridgehead atoms. The zero-order valence-corrected chi connectivity index (χ0v) is 32.2. The third-order valence-corrected chi connectivity index (χ3v) is 13.9. The van der Waals surface area contributed by atoms with Crippen LogP contribution in [0, 0.1) is 0 Å². The van der Waals surface area contributed by atoms with Gasteiger partial charge in [0.2, 0.25) is 0 Å². The van der Waals surface area contributed by atoms with Crippen molar-refractivity contribution in [1.29, 1.82) is 0 Å². The lowest BCUT2D eigenvalue weighted by molar-refractivity contribution is 0.767. The monoisotopic (exact) mass is 754 g/mol. The molecular formula is C55H34N2S. The van der Waals surface area contributed by atoms with E-state index in [1.165, 1.54) is 97.2 Å². The smallest absolute Gasteiger partial charge is 0.0714 e. The first kappa shape index (κ1) is 31.9. The zero-order chi connectivity index (χ0) is 38.0. The number of nitrogens with zero attached hydrogens (tertiary/aromatic N) is 2. The number of fused-ring (bicyclic) bond motifs is 12. The van der Waals surface area contributed by atoms with Crippen molar-refractivity contribution in [2.45, 2.75) is 5.41 Å². The molecule has 9 aromatic carbocycles. The van der Waals surface area contributed by atoms with Crippen LogP contribution in [0.15, 0.2) is 206 Å². The minimum absolute atomic E-state index is 0.479. The summed E-state index contributed by atoms with van der Waals surface area (Å²) >= 11 is 1.89. The van der Waals surface area contributed by atoms with Gasteiger partial charge in [-0.1, -0.05) is 146 Å². The maximum Gasteiger partial charge on any atom is 0.0714 e. The Bertz CT molecular complexity index is 3570. The fraction of sp³-hybridized carbons (Fsp3) is 0.0182. The molecule has 1 aliphatic carbocycles. The molecular weight excluding hydrogens is 721 g/mol. The highest BCUT2D eigenvalue weighted by Crippen LogP contribution is 2.56. The normalized spacial score (nSPS) is 13.3. The van der Waals surface area contributed by atoms with Gasteiger partial charge in [0.25, 0.3) is 0 Å². The molecule has 0 aliphatic heterocycles. The molecule has 3 heteroatoms. The van der Waals surface area contributed by atoms with Crippen LogP contribution in [0.1, 0.15) is 22.3 Å². The third-order valence-electron chi connectivity index (χ3n) is 12.8. The predicted molar refractivity (Wildman–Crippen MR) is 245 cm³/mol. The fourth-order valence-electron chi connectivity index (χ4n) is 10.4. The van der Waals surface area contributed by atoms with Crippen molar-refractivity contribution in [3.05, 3.63) is 229 Å². The third kappa shape index (κ3) is 4.21. The molecule has 0 spiro atoms. The SMILES string of the molecule is c1ccc(-n2c3cc4c(cc3c3cc5c6ccccc6n(-c6ccc7c(c6)C(c6ccccc6)(c6ccccc6)c6ccccc6-7)c5cc32)sc2ccccc24)cc1. The number of rotatable bonds is 4. The molecule has 13 rings (SSSR count). The molecule has 12 aromatic rings. The van der Waals surface area contributed by atoms with Crippen molar-refractivity contribution in [3.63, 3.8) is 0 Å². The number of aromatic nitrogens is 2. The standard InChI is InChI=1S/C55H34N2S/c1-4-16-35(17-5-1)55(36-18-6-2-7-19-36)47-25-13-10-22-39(47)40-29-28-38(30-48(40)55)57-49-26-14-11-23-41(49)43-31-44-45-33-54-46(42-24-12-15-27-53(42)58-54)32-50(45)56(52(44)34-51(43)57)37-20-8-3-9-21-37/h1-34H. The molecule has 0 amide bonds. The fourth-order valence-corrected chi connectivity index (χ4v) is 11.5. The average Bonchev–Trinajstić information content (AvgIpc) is 4.00. The lowest BCUT2D eigenvalue weighted by atomic mass is 9.67. The van der Waals surface area contributed by atoms with E-state index in [-0.39, 0.29) is 0 Å². The van der Waals surface area contributed by atoms with Crippen LogP contribution in [0.25, 0.3) is 86.3 Å². The van der Waals surface area contributed by atoms with Gasteiger partial charge in [-0.05, 0) is 94.0 Å². The number of hydrogen-bond donors (Lipinski definition) is 0. The van der Waals surface area contributed by atoms with E-state index in [4.69, 9.17) is 0 Å². The first-order chi connectivity index (χ1) is 28.8. The van der Waals surface area contributed by atoms with Crippen molar-refractivity contribution in [2.24, 2.45) is 0 Å². The Morgan fingerprint density at radius 1 is 0.310 bits per heavy atom. The molecule has 0 atom stereocenters. The van der Waals surface area contributed by atoms with Crippen LogP contribution < -0.4 is 0 Å². The molecule has 3 heterocycles. The lowest BCUT2D eigenvalue weighted by Crippen LogP contribution is -2.28. The molecule has 270 valence electrons. The zero-order valence-electron chi connectivity index (χ0n) is 31.4. The second-order valence-corrected chi connectivity index (χ2v) is 16.7. The van der Waals surface area contributed by atoms with Crippen molar-refractivity contribution in [2.75, 3.05) is 0 Å². The maximum absolute atomic E-state index is 2.51. The van der Waals surface area contributed by atoms with Crippen LogP contribution in [0.3, 0.4) is 0 Å². The average molecular weight is 755 g/mol. The van der Waals surface area contributed by atoms with Crippen LogP contribution >= 0.6 is 11.3 Å². The molecule has 1 aliphatic rings. The number of hydrogen-bond acceptors (Lipinski definition) is 1. The molecule has 0 fully saturated rings. The first-order valence-electron chi connectivity index (χ1n) is 20.0. The van der Waals surface area contributed by atoms with Crippen molar-refractivity contribution < 1.29 is 0 Å². The summed E-state index contributed by atoms with van der Waals surface area (Å²) in [6, 6.07) is 76.8. The molecule has 0 saturated heterocycles. The van der Waals surface area contributed by atoms with Gasteiger partial charge in [0.1, 0.15) is 0 Å². The van der Waals surface area contributed by atoms with Gasteiger partial charge in [0, 0.05) is 53.1 Å². The minimum Gasteiger partial charge on any atom is -0.309 e. The quantitative estimate of drug-likeness (QED) is 0.169. The van der Waals surface area contributed by atoms with E-state index in [1.54, 1.807) is 0 Å². The van der Waals surface area contributed by atoms with Gasteiger partial charge in [-0.2, -0.15) is 0 Å². The van der Waals surface area contributed by atoms with Crippen LogP contribution in [0.2, 0.25) is 0 Å². The minimum atomic E-state index is -0.479. The highest BCUT2D eigenvalue weighted by molar-refractivity contribution is 7.25. The van der Waals surface area contributed by atoms with E-state index in [2.05, 4.69) is 215 Å². The molecule has 3 aromatic heterocycles. The lowest BCUT2D eigenvalue weighted by Gasteiger charge is -2.34. The Kier molecular flexibility index (Phi) is 6.56. The van der Waals surface area contributed by atoms with E-state index in [0.717, 1.165) is 11.4 Å². The molecule has 0 saturated carbocycles. The van der Waals surface area contributed by atoms with E-state index in [0.29, 0.717) is 0 Å². The summed E-state index contributed by atoms with van der Waals surface area (Å²) in [5, 5.41) is 7.69. The topological polar surface area (TPSA) is 9.86 Å². The summed E-state index contributed by atoms with van der Waals surface area (Å²) in [6.07, 6.45) is 0. The maximum atomic E-state index is 2.51. The summed E-state index contributed by atoms with van der Waals surface area (Å²) in [7, 11) is 0. The van der Waals surface area contributed by atoms with Crippen molar-refractivity contribution in [1.82, 2.24) is 9.13 Å². The van der Waals surface area contributed by atoms with E-state index in [9.17, 15) is 0 Å². The van der Waals surface area contributed by atoms with E-state index < -0.39 is 5.41 Å². The summed E-state index contributed by atoms with van der Waals surface area (Å²) in [4.78, 5) is 0.